The number of halogens is 5. The van der Waals surface area contributed by atoms with Crippen LogP contribution in [0.3, 0.4) is 0 Å². The first kappa shape index (κ1) is 17.4. The number of hydrogen-bond donors (Lipinski definition) is 0. The number of benzene rings is 1. The van der Waals surface area contributed by atoms with Crippen molar-refractivity contribution in [2.24, 2.45) is 11.1 Å². The topological polar surface area (TPSA) is 21.6 Å². The third kappa shape index (κ3) is 4.41. The Morgan fingerprint density at radius 3 is 1.90 bits per heavy atom. The Labute approximate surface area is 119 Å². The summed E-state index contributed by atoms with van der Waals surface area (Å²) in [4.78, 5) is 4.68. The second kappa shape index (κ2) is 7.38. The lowest BCUT2D eigenvalue weighted by atomic mass is 10.1. The zero-order valence-electron chi connectivity index (χ0n) is 11.9. The summed E-state index contributed by atoms with van der Waals surface area (Å²) in [5.74, 6) is -9.53. The fourth-order valence-electron chi connectivity index (χ4n) is 1.53. The molecule has 0 radical (unpaired) electrons. The average molecular weight is 309 g/mol. The van der Waals surface area contributed by atoms with Gasteiger partial charge in [-0.25, -0.2) is 22.0 Å². The number of oxime groups is 1. The predicted octanol–water partition coefficient (Wildman–Crippen LogP) is 4.71. The molecule has 0 saturated heterocycles. The summed E-state index contributed by atoms with van der Waals surface area (Å²) in [6.45, 7) is 4.86. The molecule has 0 aliphatic rings. The van der Waals surface area contributed by atoms with E-state index in [-0.39, 0.29) is 0 Å². The lowest BCUT2D eigenvalue weighted by molar-refractivity contribution is 0.122. The van der Waals surface area contributed by atoms with Gasteiger partial charge in [-0.15, -0.1) is 0 Å². The second-order valence-corrected chi connectivity index (χ2v) is 5.08. The molecule has 2 nitrogen and oxygen atoms in total. The standard InChI is InChI=1S/C14H16F5NO/c1-7(2)4-5-8(3)20-21-6-9-10(15)12(17)14(19)13(18)11(9)16/h7H,4-6H2,1-3H3/b20-8+. The molecule has 0 aromatic heterocycles. The Bertz CT molecular complexity index is 514. The molecule has 1 aromatic carbocycles. The zero-order valence-corrected chi connectivity index (χ0v) is 11.9. The molecule has 0 saturated carbocycles. The van der Waals surface area contributed by atoms with E-state index < -0.39 is 41.3 Å². The minimum Gasteiger partial charge on any atom is -0.391 e. The quantitative estimate of drug-likeness (QED) is 0.245. The van der Waals surface area contributed by atoms with Crippen molar-refractivity contribution in [3.63, 3.8) is 0 Å². The monoisotopic (exact) mass is 309 g/mol. The molecular formula is C14H16F5NO. The van der Waals surface area contributed by atoms with Gasteiger partial charge in [0.2, 0.25) is 5.82 Å². The molecule has 1 aromatic rings. The molecule has 0 N–H and O–H groups in total. The Hall–Kier alpha value is -1.66. The number of hydrogen-bond acceptors (Lipinski definition) is 2. The molecule has 1 rings (SSSR count). The molecule has 7 heteroatoms. The van der Waals surface area contributed by atoms with Crippen LogP contribution in [0.1, 0.15) is 39.2 Å². The molecule has 0 heterocycles. The van der Waals surface area contributed by atoms with Gasteiger partial charge in [-0.1, -0.05) is 19.0 Å². The van der Waals surface area contributed by atoms with Gasteiger partial charge in [0.1, 0.15) is 6.61 Å². The zero-order chi connectivity index (χ0) is 16.2. The van der Waals surface area contributed by atoms with Crippen LogP contribution >= 0.6 is 0 Å². The smallest absolute Gasteiger partial charge is 0.200 e. The molecule has 0 fully saturated rings. The van der Waals surface area contributed by atoms with E-state index in [1.54, 1.807) is 6.92 Å². The highest BCUT2D eigenvalue weighted by Gasteiger charge is 2.25. The Balaban J connectivity index is 2.79. The summed E-state index contributed by atoms with van der Waals surface area (Å²) >= 11 is 0. The number of nitrogens with zero attached hydrogens (tertiary/aromatic N) is 1. The molecule has 0 aliphatic heterocycles. The average Bonchev–Trinajstić information content (AvgIpc) is 2.44. The molecule has 0 spiro atoms. The van der Waals surface area contributed by atoms with Crippen LogP contribution in [-0.4, -0.2) is 5.71 Å². The van der Waals surface area contributed by atoms with Crippen molar-refractivity contribution in [1.29, 1.82) is 0 Å². The summed E-state index contributed by atoms with van der Waals surface area (Å²) in [5, 5.41) is 3.60. The van der Waals surface area contributed by atoms with Gasteiger partial charge in [0.05, 0.1) is 11.3 Å². The van der Waals surface area contributed by atoms with Crippen molar-refractivity contribution in [1.82, 2.24) is 0 Å². The Morgan fingerprint density at radius 2 is 1.43 bits per heavy atom. The molecule has 0 amide bonds. The molecule has 0 atom stereocenters. The van der Waals surface area contributed by atoms with E-state index >= 15 is 0 Å². The van der Waals surface area contributed by atoms with Crippen LogP contribution in [0.4, 0.5) is 22.0 Å². The maximum Gasteiger partial charge on any atom is 0.200 e. The minimum atomic E-state index is -2.19. The Morgan fingerprint density at radius 1 is 0.952 bits per heavy atom. The van der Waals surface area contributed by atoms with Crippen LogP contribution in [0, 0.1) is 35.0 Å². The Kier molecular flexibility index (Phi) is 6.11. The first-order valence-corrected chi connectivity index (χ1v) is 6.41. The van der Waals surface area contributed by atoms with E-state index in [2.05, 4.69) is 9.99 Å². The fourth-order valence-corrected chi connectivity index (χ4v) is 1.53. The maximum absolute atomic E-state index is 13.3. The summed E-state index contributed by atoms with van der Waals surface area (Å²) < 4.78 is 65.4. The van der Waals surface area contributed by atoms with Gasteiger partial charge in [0.25, 0.3) is 0 Å². The lowest BCUT2D eigenvalue weighted by Gasteiger charge is -2.08. The van der Waals surface area contributed by atoms with E-state index in [0.29, 0.717) is 18.1 Å². The van der Waals surface area contributed by atoms with Crippen LogP contribution in [0.15, 0.2) is 5.16 Å². The van der Waals surface area contributed by atoms with Gasteiger partial charge < -0.3 is 4.84 Å². The molecule has 0 unspecified atom stereocenters. The number of rotatable bonds is 6. The van der Waals surface area contributed by atoms with Crippen LogP contribution in [-0.2, 0) is 11.4 Å². The molecular weight excluding hydrogens is 293 g/mol. The van der Waals surface area contributed by atoms with Crippen molar-refractivity contribution in [2.75, 3.05) is 0 Å². The van der Waals surface area contributed by atoms with Crippen molar-refractivity contribution in [2.45, 2.75) is 40.2 Å². The largest absolute Gasteiger partial charge is 0.391 e. The van der Waals surface area contributed by atoms with Crippen molar-refractivity contribution < 1.29 is 26.8 Å². The van der Waals surface area contributed by atoms with Crippen LogP contribution in [0.2, 0.25) is 0 Å². The highest BCUT2D eigenvalue weighted by Crippen LogP contribution is 2.23. The summed E-state index contributed by atoms with van der Waals surface area (Å²) in [7, 11) is 0. The van der Waals surface area contributed by atoms with E-state index in [0.717, 1.165) is 6.42 Å². The summed E-state index contributed by atoms with van der Waals surface area (Å²) in [6.07, 6.45) is 1.47. The third-order valence-corrected chi connectivity index (χ3v) is 2.81. The van der Waals surface area contributed by atoms with Gasteiger partial charge in [0.15, 0.2) is 23.3 Å². The first-order chi connectivity index (χ1) is 9.75. The van der Waals surface area contributed by atoms with Crippen LogP contribution in [0.5, 0.6) is 0 Å². The second-order valence-electron chi connectivity index (χ2n) is 5.08. The van der Waals surface area contributed by atoms with Gasteiger partial charge in [0, 0.05) is 0 Å². The molecule has 0 aliphatic carbocycles. The highest BCUT2D eigenvalue weighted by molar-refractivity contribution is 5.81. The lowest BCUT2D eigenvalue weighted by Crippen LogP contribution is -2.08. The first-order valence-electron chi connectivity index (χ1n) is 6.41. The molecule has 21 heavy (non-hydrogen) atoms. The predicted molar refractivity (Wildman–Crippen MR) is 68.2 cm³/mol. The normalized spacial score (nSPS) is 12.1. The van der Waals surface area contributed by atoms with E-state index in [9.17, 15) is 22.0 Å². The van der Waals surface area contributed by atoms with Crippen molar-refractivity contribution >= 4 is 5.71 Å². The summed E-state index contributed by atoms with van der Waals surface area (Å²) in [5.41, 5.74) is -0.459. The van der Waals surface area contributed by atoms with Crippen molar-refractivity contribution in [3.8, 4) is 0 Å². The molecule has 118 valence electrons. The van der Waals surface area contributed by atoms with Gasteiger partial charge >= 0.3 is 0 Å². The fraction of sp³-hybridized carbons (Fsp3) is 0.500. The van der Waals surface area contributed by atoms with Crippen LogP contribution < -0.4 is 0 Å². The minimum absolute atomic E-state index is 0.449. The van der Waals surface area contributed by atoms with Gasteiger partial charge in [-0.3, -0.25) is 0 Å². The van der Waals surface area contributed by atoms with E-state index in [1.165, 1.54) is 0 Å². The van der Waals surface area contributed by atoms with Gasteiger partial charge in [-0.2, -0.15) is 0 Å². The highest BCUT2D eigenvalue weighted by atomic mass is 19.2. The summed E-state index contributed by atoms with van der Waals surface area (Å²) in [6, 6.07) is 0. The van der Waals surface area contributed by atoms with E-state index in [1.807, 2.05) is 13.8 Å². The van der Waals surface area contributed by atoms with Gasteiger partial charge in [-0.05, 0) is 25.7 Å². The van der Waals surface area contributed by atoms with E-state index in [4.69, 9.17) is 0 Å². The maximum atomic E-state index is 13.3. The van der Waals surface area contributed by atoms with Crippen molar-refractivity contribution in [3.05, 3.63) is 34.6 Å². The molecule has 0 bridgehead atoms. The van der Waals surface area contributed by atoms with Crippen LogP contribution in [0.25, 0.3) is 0 Å². The SMILES string of the molecule is C/C(CCC(C)C)=N\OCc1c(F)c(F)c(F)c(F)c1F. The third-order valence-electron chi connectivity index (χ3n) is 2.81.